The molecule has 146 valence electrons. The average molecular weight is 397 g/mol. The summed E-state index contributed by atoms with van der Waals surface area (Å²) < 4.78 is 11.8. The Kier molecular flexibility index (Phi) is 5.01. The van der Waals surface area contributed by atoms with Gasteiger partial charge in [-0.15, -0.1) is 11.3 Å². The lowest BCUT2D eigenvalue weighted by Crippen LogP contribution is -3.12. The standard InChI is InChI=1S/C22H25N3O2S/c1-15-5-4-6-16(13-15)27-21-20-17-7-2-3-8-18(17)28-22(20)24-19(23-21)14-25-9-11-26-12-10-25/h4-6,13H,2-3,7-12,14H2,1H3/p+1. The number of nitrogens with zero attached hydrogens (tertiary/aromatic N) is 2. The number of nitrogens with one attached hydrogen (secondary N) is 1. The summed E-state index contributed by atoms with van der Waals surface area (Å²) in [6, 6.07) is 8.19. The van der Waals surface area contributed by atoms with Crippen molar-refractivity contribution in [1.82, 2.24) is 9.97 Å². The van der Waals surface area contributed by atoms with Gasteiger partial charge in [0.25, 0.3) is 0 Å². The fraction of sp³-hybridized carbons (Fsp3) is 0.455. The van der Waals surface area contributed by atoms with E-state index in [0.29, 0.717) is 0 Å². The van der Waals surface area contributed by atoms with E-state index in [1.807, 2.05) is 23.5 Å². The molecule has 2 aliphatic rings. The molecule has 3 aromatic rings. The van der Waals surface area contributed by atoms with Crippen LogP contribution in [0.5, 0.6) is 11.6 Å². The molecule has 2 aromatic heterocycles. The zero-order valence-corrected chi connectivity index (χ0v) is 17.1. The molecule has 0 radical (unpaired) electrons. The Bertz CT molecular complexity index is 995. The number of aryl methyl sites for hydroxylation is 3. The first kappa shape index (κ1) is 18.0. The van der Waals surface area contributed by atoms with E-state index in [0.717, 1.165) is 73.4 Å². The molecule has 1 fully saturated rings. The Labute approximate surface area is 169 Å². The Hall–Kier alpha value is -2.02. The van der Waals surface area contributed by atoms with Gasteiger partial charge in [-0.2, -0.15) is 4.98 Å². The second-order valence-electron chi connectivity index (χ2n) is 7.79. The van der Waals surface area contributed by atoms with Crippen LogP contribution < -0.4 is 9.64 Å². The van der Waals surface area contributed by atoms with Crippen molar-refractivity contribution in [1.29, 1.82) is 0 Å². The maximum absolute atomic E-state index is 6.35. The van der Waals surface area contributed by atoms with Crippen molar-refractivity contribution < 1.29 is 14.4 Å². The molecule has 28 heavy (non-hydrogen) atoms. The van der Waals surface area contributed by atoms with Gasteiger partial charge in [0.2, 0.25) is 5.88 Å². The van der Waals surface area contributed by atoms with Crippen LogP contribution in [0.2, 0.25) is 0 Å². The number of morpholine rings is 1. The van der Waals surface area contributed by atoms with E-state index in [1.54, 1.807) is 0 Å². The molecule has 1 aliphatic heterocycles. The van der Waals surface area contributed by atoms with Crippen LogP contribution in [0.1, 0.15) is 34.7 Å². The summed E-state index contributed by atoms with van der Waals surface area (Å²) in [5, 5.41) is 1.14. The molecule has 5 rings (SSSR count). The van der Waals surface area contributed by atoms with E-state index in [9.17, 15) is 0 Å². The largest absolute Gasteiger partial charge is 0.438 e. The van der Waals surface area contributed by atoms with Crippen molar-refractivity contribution in [3.63, 3.8) is 0 Å². The number of quaternary nitrogens is 1. The lowest BCUT2D eigenvalue weighted by molar-refractivity contribution is -0.922. The molecule has 3 heterocycles. The molecular formula is C22H26N3O2S+. The Morgan fingerprint density at radius 2 is 2.00 bits per heavy atom. The van der Waals surface area contributed by atoms with Crippen LogP contribution >= 0.6 is 11.3 Å². The minimum atomic E-state index is 0.734. The highest BCUT2D eigenvalue weighted by Crippen LogP contribution is 2.40. The fourth-order valence-corrected chi connectivity index (χ4v) is 5.44. The van der Waals surface area contributed by atoms with E-state index in [2.05, 4.69) is 19.1 Å². The summed E-state index contributed by atoms with van der Waals surface area (Å²) in [7, 11) is 0. The number of benzene rings is 1. The van der Waals surface area contributed by atoms with E-state index in [4.69, 9.17) is 19.4 Å². The van der Waals surface area contributed by atoms with Gasteiger partial charge in [0.1, 0.15) is 30.2 Å². The normalized spacial score (nSPS) is 17.6. The smallest absolute Gasteiger partial charge is 0.231 e. The number of aromatic nitrogens is 2. The lowest BCUT2D eigenvalue weighted by atomic mass is 9.97. The van der Waals surface area contributed by atoms with Gasteiger partial charge in [-0.1, -0.05) is 12.1 Å². The second-order valence-corrected chi connectivity index (χ2v) is 8.88. The second kappa shape index (κ2) is 7.78. The molecule has 0 atom stereocenters. The number of thiophene rings is 1. The van der Waals surface area contributed by atoms with Crippen LogP contribution in [-0.2, 0) is 24.1 Å². The summed E-state index contributed by atoms with van der Waals surface area (Å²) >= 11 is 1.84. The van der Waals surface area contributed by atoms with Gasteiger partial charge >= 0.3 is 0 Å². The van der Waals surface area contributed by atoms with Crippen LogP contribution in [0.15, 0.2) is 24.3 Å². The van der Waals surface area contributed by atoms with E-state index in [1.165, 1.54) is 33.7 Å². The van der Waals surface area contributed by atoms with Crippen LogP contribution in [0.4, 0.5) is 0 Å². The maximum atomic E-state index is 6.35. The summed E-state index contributed by atoms with van der Waals surface area (Å²) in [6.45, 7) is 6.57. The third-order valence-corrected chi connectivity index (χ3v) is 6.83. The molecule has 1 aliphatic carbocycles. The van der Waals surface area contributed by atoms with Crippen molar-refractivity contribution >= 4 is 21.6 Å². The zero-order chi connectivity index (χ0) is 18.9. The summed E-state index contributed by atoms with van der Waals surface area (Å²) in [5.74, 6) is 2.46. The average Bonchev–Trinajstić information content (AvgIpc) is 3.07. The monoisotopic (exact) mass is 396 g/mol. The number of hydrogen-bond donors (Lipinski definition) is 1. The number of ether oxygens (including phenoxy) is 2. The van der Waals surface area contributed by atoms with Gasteiger partial charge in [-0.05, 0) is 55.9 Å². The number of hydrogen-bond acceptors (Lipinski definition) is 5. The molecule has 0 spiro atoms. The van der Waals surface area contributed by atoms with Crippen LogP contribution in [-0.4, -0.2) is 36.3 Å². The van der Waals surface area contributed by atoms with Crippen molar-refractivity contribution in [2.24, 2.45) is 0 Å². The van der Waals surface area contributed by atoms with Crippen LogP contribution in [0.3, 0.4) is 0 Å². The van der Waals surface area contributed by atoms with Gasteiger partial charge in [-0.3, -0.25) is 0 Å². The molecule has 1 N–H and O–H groups in total. The Morgan fingerprint density at radius 1 is 1.14 bits per heavy atom. The summed E-state index contributed by atoms with van der Waals surface area (Å²) in [6.07, 6.45) is 4.77. The highest BCUT2D eigenvalue weighted by atomic mass is 32.1. The van der Waals surface area contributed by atoms with Crippen molar-refractivity contribution in [2.75, 3.05) is 26.3 Å². The molecule has 1 aromatic carbocycles. The molecule has 0 saturated carbocycles. The fourth-order valence-electron chi connectivity index (χ4n) is 4.17. The first-order valence-electron chi connectivity index (χ1n) is 10.2. The minimum Gasteiger partial charge on any atom is -0.438 e. The Balaban J connectivity index is 1.56. The van der Waals surface area contributed by atoms with E-state index >= 15 is 0 Å². The third kappa shape index (κ3) is 3.64. The molecular weight excluding hydrogens is 370 g/mol. The Morgan fingerprint density at radius 3 is 2.86 bits per heavy atom. The van der Waals surface area contributed by atoms with Crippen LogP contribution in [0, 0.1) is 6.92 Å². The predicted molar refractivity (Wildman–Crippen MR) is 111 cm³/mol. The van der Waals surface area contributed by atoms with Gasteiger partial charge in [-0.25, -0.2) is 4.98 Å². The maximum Gasteiger partial charge on any atom is 0.231 e. The minimum absolute atomic E-state index is 0.734. The highest BCUT2D eigenvalue weighted by molar-refractivity contribution is 7.18. The molecule has 1 saturated heterocycles. The molecule has 0 amide bonds. The quantitative estimate of drug-likeness (QED) is 0.736. The number of rotatable bonds is 4. The topological polar surface area (TPSA) is 48.7 Å². The van der Waals surface area contributed by atoms with Gasteiger partial charge in [0.15, 0.2) is 5.82 Å². The van der Waals surface area contributed by atoms with Gasteiger partial charge in [0.05, 0.1) is 18.6 Å². The highest BCUT2D eigenvalue weighted by Gasteiger charge is 2.24. The molecule has 0 unspecified atom stereocenters. The van der Waals surface area contributed by atoms with Crippen molar-refractivity contribution in [2.45, 2.75) is 39.2 Å². The predicted octanol–water partition coefficient (Wildman–Crippen LogP) is 3.09. The van der Waals surface area contributed by atoms with E-state index in [-0.39, 0.29) is 0 Å². The van der Waals surface area contributed by atoms with Gasteiger partial charge in [0, 0.05) is 4.88 Å². The molecule has 0 bridgehead atoms. The van der Waals surface area contributed by atoms with Crippen LogP contribution in [0.25, 0.3) is 10.2 Å². The first-order valence-corrected chi connectivity index (χ1v) is 11.0. The van der Waals surface area contributed by atoms with Crippen molar-refractivity contribution in [3.05, 3.63) is 46.1 Å². The third-order valence-electron chi connectivity index (χ3n) is 5.64. The zero-order valence-electron chi connectivity index (χ0n) is 16.3. The molecule has 5 nitrogen and oxygen atoms in total. The van der Waals surface area contributed by atoms with E-state index < -0.39 is 0 Å². The summed E-state index contributed by atoms with van der Waals surface area (Å²) in [4.78, 5) is 13.9. The summed E-state index contributed by atoms with van der Waals surface area (Å²) in [5.41, 5.74) is 2.60. The van der Waals surface area contributed by atoms with Gasteiger partial charge < -0.3 is 14.4 Å². The first-order chi connectivity index (χ1) is 13.8. The van der Waals surface area contributed by atoms with Crippen molar-refractivity contribution in [3.8, 4) is 11.6 Å². The number of fused-ring (bicyclic) bond motifs is 3. The lowest BCUT2D eigenvalue weighted by Gasteiger charge is -2.23. The SMILES string of the molecule is Cc1cccc(Oc2nc(C[NH+]3CCOCC3)nc3sc4c(c23)CCCC4)c1. The molecule has 6 heteroatoms.